The Labute approximate surface area is 103 Å². The number of aryl methyl sites for hydroxylation is 1. The molecule has 0 saturated heterocycles. The van der Waals surface area contributed by atoms with E-state index in [1.54, 1.807) is 0 Å². The van der Waals surface area contributed by atoms with Crippen molar-refractivity contribution in [2.24, 2.45) is 5.92 Å². The first-order chi connectivity index (χ1) is 7.49. The minimum atomic E-state index is -0.411. The van der Waals surface area contributed by atoms with E-state index in [4.69, 9.17) is 4.74 Å². The van der Waals surface area contributed by atoms with Crippen molar-refractivity contribution in [1.82, 2.24) is 0 Å². The SMILES string of the molecule is Cc1cc(Br)c2c(c1)NC(=O)C(C(C)C)O2. The molecule has 0 radical (unpaired) electrons. The van der Waals surface area contributed by atoms with Crippen LogP contribution in [0.2, 0.25) is 0 Å². The zero-order chi connectivity index (χ0) is 11.9. The van der Waals surface area contributed by atoms with E-state index in [2.05, 4.69) is 21.2 Å². The Balaban J connectivity index is 2.43. The van der Waals surface area contributed by atoms with E-state index in [9.17, 15) is 4.79 Å². The topological polar surface area (TPSA) is 38.3 Å². The third-order valence-corrected chi connectivity index (χ3v) is 3.14. The van der Waals surface area contributed by atoms with Crippen molar-refractivity contribution in [2.75, 3.05) is 5.32 Å². The van der Waals surface area contributed by atoms with E-state index in [0.717, 1.165) is 21.5 Å². The van der Waals surface area contributed by atoms with Crippen LogP contribution in [0.15, 0.2) is 16.6 Å². The van der Waals surface area contributed by atoms with Crippen LogP contribution in [0, 0.1) is 12.8 Å². The van der Waals surface area contributed by atoms with Gasteiger partial charge < -0.3 is 10.1 Å². The molecule has 1 heterocycles. The molecule has 4 heteroatoms. The molecule has 86 valence electrons. The van der Waals surface area contributed by atoms with Crippen molar-refractivity contribution in [1.29, 1.82) is 0 Å². The van der Waals surface area contributed by atoms with E-state index in [-0.39, 0.29) is 11.8 Å². The largest absolute Gasteiger partial charge is 0.477 e. The van der Waals surface area contributed by atoms with Crippen LogP contribution in [0.1, 0.15) is 19.4 Å². The van der Waals surface area contributed by atoms with E-state index < -0.39 is 6.10 Å². The van der Waals surface area contributed by atoms with Crippen molar-refractivity contribution in [2.45, 2.75) is 26.9 Å². The smallest absolute Gasteiger partial charge is 0.265 e. The van der Waals surface area contributed by atoms with Crippen molar-refractivity contribution in [3.05, 3.63) is 22.2 Å². The van der Waals surface area contributed by atoms with Crippen LogP contribution in [0.3, 0.4) is 0 Å². The Hall–Kier alpha value is -1.03. The Morgan fingerprint density at radius 1 is 1.44 bits per heavy atom. The number of halogens is 1. The van der Waals surface area contributed by atoms with Crippen molar-refractivity contribution >= 4 is 27.5 Å². The Bertz CT molecular complexity index is 443. The van der Waals surface area contributed by atoms with Gasteiger partial charge in [0.15, 0.2) is 11.9 Å². The minimum Gasteiger partial charge on any atom is -0.477 e. The highest BCUT2D eigenvalue weighted by molar-refractivity contribution is 9.10. The van der Waals surface area contributed by atoms with E-state index in [1.165, 1.54) is 0 Å². The van der Waals surface area contributed by atoms with E-state index in [0.29, 0.717) is 0 Å². The minimum absolute atomic E-state index is 0.0694. The van der Waals surface area contributed by atoms with Gasteiger partial charge in [-0.15, -0.1) is 0 Å². The van der Waals surface area contributed by atoms with Gasteiger partial charge in [0, 0.05) is 0 Å². The Kier molecular flexibility index (Phi) is 2.93. The number of rotatable bonds is 1. The molecule has 1 aliphatic rings. The maximum Gasteiger partial charge on any atom is 0.265 e. The number of benzene rings is 1. The van der Waals surface area contributed by atoms with Crippen LogP contribution in [0.5, 0.6) is 5.75 Å². The number of amides is 1. The van der Waals surface area contributed by atoms with Gasteiger partial charge in [0.05, 0.1) is 10.2 Å². The molecular formula is C12H14BrNO2. The van der Waals surface area contributed by atoms with Crippen LogP contribution in [-0.4, -0.2) is 12.0 Å². The highest BCUT2D eigenvalue weighted by Crippen LogP contribution is 2.38. The molecule has 1 atom stereocenters. The van der Waals surface area contributed by atoms with Crippen LogP contribution in [0.4, 0.5) is 5.69 Å². The number of ether oxygens (including phenoxy) is 1. The van der Waals surface area contributed by atoms with E-state index in [1.807, 2.05) is 32.9 Å². The van der Waals surface area contributed by atoms with Gasteiger partial charge >= 0.3 is 0 Å². The summed E-state index contributed by atoms with van der Waals surface area (Å²) in [5.74, 6) is 0.810. The number of anilines is 1. The molecule has 1 amide bonds. The molecule has 1 aliphatic heterocycles. The lowest BCUT2D eigenvalue weighted by Gasteiger charge is -2.29. The molecule has 0 fully saturated rings. The monoisotopic (exact) mass is 283 g/mol. The summed E-state index contributed by atoms with van der Waals surface area (Å²) in [5, 5.41) is 2.88. The molecule has 0 bridgehead atoms. The number of nitrogens with one attached hydrogen (secondary N) is 1. The first kappa shape index (κ1) is 11.5. The van der Waals surface area contributed by atoms with Crippen LogP contribution in [0.25, 0.3) is 0 Å². The van der Waals surface area contributed by atoms with Gasteiger partial charge in [-0.3, -0.25) is 4.79 Å². The highest BCUT2D eigenvalue weighted by atomic mass is 79.9. The second kappa shape index (κ2) is 4.09. The standard InChI is InChI=1S/C12H14BrNO2/c1-6(2)10-12(15)14-9-5-7(3)4-8(13)11(9)16-10/h4-6,10H,1-3H3,(H,14,15). The summed E-state index contributed by atoms with van der Waals surface area (Å²) in [6.07, 6.45) is -0.411. The lowest BCUT2D eigenvalue weighted by Crippen LogP contribution is -2.40. The molecule has 0 aromatic heterocycles. The highest BCUT2D eigenvalue weighted by Gasteiger charge is 2.31. The molecule has 1 aromatic rings. The van der Waals surface area contributed by atoms with Crippen molar-refractivity contribution < 1.29 is 9.53 Å². The fourth-order valence-electron chi connectivity index (χ4n) is 1.76. The van der Waals surface area contributed by atoms with Crippen LogP contribution in [-0.2, 0) is 4.79 Å². The van der Waals surface area contributed by atoms with Gasteiger partial charge in [0.1, 0.15) is 0 Å². The van der Waals surface area contributed by atoms with Gasteiger partial charge in [0.2, 0.25) is 0 Å². The lowest BCUT2D eigenvalue weighted by molar-refractivity contribution is -0.125. The average Bonchev–Trinajstić information content (AvgIpc) is 2.15. The molecule has 2 rings (SSSR count). The molecular weight excluding hydrogens is 270 g/mol. The number of carbonyl (C=O) groups excluding carboxylic acids is 1. The summed E-state index contributed by atoms with van der Waals surface area (Å²) >= 11 is 3.45. The van der Waals surface area contributed by atoms with Gasteiger partial charge in [-0.2, -0.15) is 0 Å². The van der Waals surface area contributed by atoms with Gasteiger partial charge in [-0.25, -0.2) is 0 Å². The number of carbonyl (C=O) groups is 1. The predicted octanol–water partition coefficient (Wildman–Crippen LogP) is 3.11. The second-order valence-corrected chi connectivity index (χ2v) is 5.25. The number of hydrogen-bond donors (Lipinski definition) is 1. The molecule has 1 unspecified atom stereocenters. The predicted molar refractivity (Wildman–Crippen MR) is 66.8 cm³/mol. The average molecular weight is 284 g/mol. The fourth-order valence-corrected chi connectivity index (χ4v) is 2.43. The van der Waals surface area contributed by atoms with Gasteiger partial charge in [-0.05, 0) is 46.5 Å². The number of hydrogen-bond acceptors (Lipinski definition) is 2. The molecule has 16 heavy (non-hydrogen) atoms. The lowest BCUT2D eigenvalue weighted by atomic mass is 10.0. The molecule has 0 aliphatic carbocycles. The Morgan fingerprint density at radius 3 is 2.75 bits per heavy atom. The van der Waals surface area contributed by atoms with Crippen molar-refractivity contribution in [3.8, 4) is 5.75 Å². The van der Waals surface area contributed by atoms with Gasteiger partial charge in [-0.1, -0.05) is 13.8 Å². The quantitative estimate of drug-likeness (QED) is 0.860. The first-order valence-electron chi connectivity index (χ1n) is 5.26. The molecule has 1 aromatic carbocycles. The summed E-state index contributed by atoms with van der Waals surface area (Å²) in [7, 11) is 0. The van der Waals surface area contributed by atoms with Crippen molar-refractivity contribution in [3.63, 3.8) is 0 Å². The zero-order valence-electron chi connectivity index (χ0n) is 9.50. The summed E-state index contributed by atoms with van der Waals surface area (Å²) in [6.45, 7) is 5.92. The zero-order valence-corrected chi connectivity index (χ0v) is 11.1. The second-order valence-electron chi connectivity index (χ2n) is 4.40. The summed E-state index contributed by atoms with van der Waals surface area (Å²) in [5.41, 5.74) is 1.83. The third-order valence-electron chi connectivity index (χ3n) is 2.55. The molecule has 0 saturated carbocycles. The fraction of sp³-hybridized carbons (Fsp3) is 0.417. The summed E-state index contributed by atoms with van der Waals surface area (Å²) in [6, 6.07) is 3.89. The maximum atomic E-state index is 11.8. The third kappa shape index (κ3) is 1.94. The maximum absolute atomic E-state index is 11.8. The molecule has 3 nitrogen and oxygen atoms in total. The van der Waals surface area contributed by atoms with Crippen LogP contribution < -0.4 is 10.1 Å². The molecule has 0 spiro atoms. The van der Waals surface area contributed by atoms with E-state index >= 15 is 0 Å². The Morgan fingerprint density at radius 2 is 2.12 bits per heavy atom. The van der Waals surface area contributed by atoms with Gasteiger partial charge in [0.25, 0.3) is 5.91 Å². The normalized spacial score (nSPS) is 19.1. The molecule has 1 N–H and O–H groups in total. The van der Waals surface area contributed by atoms with Crippen LogP contribution >= 0.6 is 15.9 Å². The number of fused-ring (bicyclic) bond motifs is 1. The summed E-state index contributed by atoms with van der Waals surface area (Å²) in [4.78, 5) is 11.8. The summed E-state index contributed by atoms with van der Waals surface area (Å²) < 4.78 is 6.62. The first-order valence-corrected chi connectivity index (χ1v) is 6.06.